The molecular weight excluding hydrogens is 290 g/mol. The highest BCUT2D eigenvalue weighted by atomic mass is 32.2. The second kappa shape index (κ2) is 6.74. The van der Waals surface area contributed by atoms with Gasteiger partial charge in [-0.05, 0) is 24.6 Å². The molecule has 1 N–H and O–H groups in total. The first kappa shape index (κ1) is 16.2. The zero-order valence-electron chi connectivity index (χ0n) is 12.7. The minimum absolute atomic E-state index is 0.0310. The molecule has 1 fully saturated rings. The summed E-state index contributed by atoms with van der Waals surface area (Å²) in [7, 11) is -0.229. The van der Waals surface area contributed by atoms with Crippen LogP contribution >= 0.6 is 0 Å². The zero-order chi connectivity index (χ0) is 15.5. The SMILES string of the molecule is COc1cccc(CN(C)S(=O)(=O)N2CCNC[C@@H]2C)c1. The molecule has 0 amide bonds. The fraction of sp³-hybridized carbons (Fsp3) is 0.571. The van der Waals surface area contributed by atoms with Crippen molar-refractivity contribution in [2.24, 2.45) is 0 Å². The molecule has 1 aliphatic rings. The fourth-order valence-electron chi connectivity index (χ4n) is 2.45. The number of piperazine rings is 1. The van der Waals surface area contributed by atoms with Gasteiger partial charge in [0.05, 0.1) is 7.11 Å². The molecule has 1 aromatic rings. The van der Waals surface area contributed by atoms with E-state index in [-0.39, 0.29) is 6.04 Å². The molecule has 0 radical (unpaired) electrons. The maximum Gasteiger partial charge on any atom is 0.282 e. The quantitative estimate of drug-likeness (QED) is 0.868. The molecule has 7 heteroatoms. The maximum absolute atomic E-state index is 12.6. The van der Waals surface area contributed by atoms with Crippen LogP contribution in [-0.2, 0) is 16.8 Å². The number of rotatable bonds is 5. The van der Waals surface area contributed by atoms with Crippen LogP contribution in [0.4, 0.5) is 0 Å². The molecule has 1 atom stereocenters. The average Bonchev–Trinajstić information content (AvgIpc) is 2.47. The van der Waals surface area contributed by atoms with Crippen molar-refractivity contribution in [1.82, 2.24) is 13.9 Å². The summed E-state index contributed by atoms with van der Waals surface area (Å²) >= 11 is 0. The van der Waals surface area contributed by atoms with Crippen LogP contribution in [0.25, 0.3) is 0 Å². The number of methoxy groups -OCH3 is 1. The zero-order valence-corrected chi connectivity index (χ0v) is 13.6. The van der Waals surface area contributed by atoms with E-state index >= 15 is 0 Å². The van der Waals surface area contributed by atoms with E-state index in [0.29, 0.717) is 26.2 Å². The van der Waals surface area contributed by atoms with Crippen molar-refractivity contribution in [2.75, 3.05) is 33.8 Å². The third-order valence-corrected chi connectivity index (χ3v) is 5.72. The highest BCUT2D eigenvalue weighted by molar-refractivity contribution is 7.86. The second-order valence-corrected chi connectivity index (χ2v) is 7.27. The summed E-state index contributed by atoms with van der Waals surface area (Å²) in [6.45, 7) is 4.13. The number of ether oxygens (including phenoxy) is 1. The van der Waals surface area contributed by atoms with E-state index in [1.54, 1.807) is 18.5 Å². The monoisotopic (exact) mass is 313 g/mol. The van der Waals surface area contributed by atoms with Gasteiger partial charge < -0.3 is 10.1 Å². The van der Waals surface area contributed by atoms with E-state index in [1.807, 2.05) is 31.2 Å². The Labute approximate surface area is 126 Å². The number of nitrogens with zero attached hydrogens (tertiary/aromatic N) is 2. The van der Waals surface area contributed by atoms with E-state index in [4.69, 9.17) is 4.74 Å². The van der Waals surface area contributed by atoms with Gasteiger partial charge in [-0.2, -0.15) is 17.0 Å². The fourth-order valence-corrected chi connectivity index (χ4v) is 3.98. The smallest absolute Gasteiger partial charge is 0.282 e. The van der Waals surface area contributed by atoms with Crippen LogP contribution in [-0.4, -0.2) is 56.9 Å². The van der Waals surface area contributed by atoms with E-state index in [2.05, 4.69) is 5.32 Å². The summed E-state index contributed by atoms with van der Waals surface area (Å²) in [6, 6.07) is 7.43. The summed E-state index contributed by atoms with van der Waals surface area (Å²) in [5.74, 6) is 0.730. The van der Waals surface area contributed by atoms with Crippen molar-refractivity contribution >= 4 is 10.2 Å². The van der Waals surface area contributed by atoms with Gasteiger partial charge in [0, 0.05) is 39.3 Å². The standard InChI is InChI=1S/C14H23N3O3S/c1-12-10-15-7-8-17(12)21(18,19)16(2)11-13-5-4-6-14(9-13)20-3/h4-6,9,12,15H,7-8,10-11H2,1-3H3/t12-/m0/s1. The molecular formula is C14H23N3O3S. The average molecular weight is 313 g/mol. The lowest BCUT2D eigenvalue weighted by Gasteiger charge is -2.35. The minimum Gasteiger partial charge on any atom is -0.497 e. The van der Waals surface area contributed by atoms with Gasteiger partial charge in [0.1, 0.15) is 5.75 Å². The van der Waals surface area contributed by atoms with Gasteiger partial charge >= 0.3 is 0 Å². The lowest BCUT2D eigenvalue weighted by Crippen LogP contribution is -2.55. The molecule has 2 rings (SSSR count). The molecule has 1 saturated heterocycles. The van der Waals surface area contributed by atoms with E-state index in [9.17, 15) is 8.42 Å². The van der Waals surface area contributed by atoms with Crippen LogP contribution < -0.4 is 10.1 Å². The Morgan fingerprint density at radius 1 is 1.48 bits per heavy atom. The molecule has 0 aliphatic carbocycles. The Morgan fingerprint density at radius 2 is 2.24 bits per heavy atom. The third-order valence-electron chi connectivity index (χ3n) is 3.67. The molecule has 0 bridgehead atoms. The van der Waals surface area contributed by atoms with Gasteiger partial charge in [-0.1, -0.05) is 12.1 Å². The van der Waals surface area contributed by atoms with Gasteiger partial charge in [0.2, 0.25) is 0 Å². The first-order valence-electron chi connectivity index (χ1n) is 7.02. The van der Waals surface area contributed by atoms with Crippen LogP contribution in [0, 0.1) is 0 Å². The van der Waals surface area contributed by atoms with E-state index < -0.39 is 10.2 Å². The molecule has 0 saturated carbocycles. The largest absolute Gasteiger partial charge is 0.497 e. The highest BCUT2D eigenvalue weighted by Gasteiger charge is 2.32. The molecule has 0 spiro atoms. The van der Waals surface area contributed by atoms with Gasteiger partial charge in [-0.25, -0.2) is 0 Å². The summed E-state index contributed by atoms with van der Waals surface area (Å²) in [6.07, 6.45) is 0. The molecule has 1 heterocycles. The van der Waals surface area contributed by atoms with Gasteiger partial charge in [-0.15, -0.1) is 0 Å². The summed E-state index contributed by atoms with van der Waals surface area (Å²) in [5.41, 5.74) is 0.906. The van der Waals surface area contributed by atoms with Crippen LogP contribution in [0.1, 0.15) is 12.5 Å². The van der Waals surface area contributed by atoms with Crippen molar-refractivity contribution in [3.8, 4) is 5.75 Å². The Morgan fingerprint density at radius 3 is 2.90 bits per heavy atom. The van der Waals surface area contributed by atoms with Crippen molar-refractivity contribution in [3.05, 3.63) is 29.8 Å². The van der Waals surface area contributed by atoms with Crippen LogP contribution in [0.5, 0.6) is 5.75 Å². The lowest BCUT2D eigenvalue weighted by molar-refractivity contribution is 0.262. The highest BCUT2D eigenvalue weighted by Crippen LogP contribution is 2.18. The molecule has 6 nitrogen and oxygen atoms in total. The van der Waals surface area contributed by atoms with E-state index in [1.165, 1.54) is 4.31 Å². The molecule has 1 aromatic carbocycles. The van der Waals surface area contributed by atoms with Crippen LogP contribution in [0.15, 0.2) is 24.3 Å². The Balaban J connectivity index is 2.12. The Kier molecular flexibility index (Phi) is 5.21. The van der Waals surface area contributed by atoms with Crippen LogP contribution in [0.2, 0.25) is 0 Å². The van der Waals surface area contributed by atoms with Crippen LogP contribution in [0.3, 0.4) is 0 Å². The first-order valence-corrected chi connectivity index (χ1v) is 8.41. The Bertz CT molecular complexity index is 577. The van der Waals surface area contributed by atoms with Crippen molar-refractivity contribution in [1.29, 1.82) is 0 Å². The molecule has 1 aliphatic heterocycles. The number of nitrogens with one attached hydrogen (secondary N) is 1. The molecule has 0 unspecified atom stereocenters. The second-order valence-electron chi connectivity index (χ2n) is 5.28. The third kappa shape index (κ3) is 3.74. The molecule has 21 heavy (non-hydrogen) atoms. The van der Waals surface area contributed by atoms with Crippen molar-refractivity contribution < 1.29 is 13.2 Å². The van der Waals surface area contributed by atoms with Crippen molar-refractivity contribution in [2.45, 2.75) is 19.5 Å². The number of benzene rings is 1. The maximum atomic E-state index is 12.6. The number of hydrogen-bond acceptors (Lipinski definition) is 4. The summed E-state index contributed by atoms with van der Waals surface area (Å²) < 4.78 is 33.4. The summed E-state index contributed by atoms with van der Waals surface area (Å²) in [4.78, 5) is 0. The summed E-state index contributed by atoms with van der Waals surface area (Å²) in [5, 5.41) is 3.20. The lowest BCUT2D eigenvalue weighted by atomic mass is 10.2. The predicted octanol–water partition coefficient (Wildman–Crippen LogP) is 0.666. The van der Waals surface area contributed by atoms with Gasteiger partial charge in [0.25, 0.3) is 10.2 Å². The van der Waals surface area contributed by atoms with E-state index in [0.717, 1.165) is 11.3 Å². The first-order chi connectivity index (χ1) is 9.95. The van der Waals surface area contributed by atoms with Crippen molar-refractivity contribution in [3.63, 3.8) is 0 Å². The van der Waals surface area contributed by atoms with Gasteiger partial charge in [0.15, 0.2) is 0 Å². The topological polar surface area (TPSA) is 61.9 Å². The molecule has 118 valence electrons. The number of hydrogen-bond donors (Lipinski definition) is 1. The predicted molar refractivity (Wildman–Crippen MR) is 82.4 cm³/mol. The Hall–Kier alpha value is -1.15. The molecule has 0 aromatic heterocycles. The van der Waals surface area contributed by atoms with Gasteiger partial charge in [-0.3, -0.25) is 0 Å². The normalized spacial score (nSPS) is 20.7. The minimum atomic E-state index is -3.44.